The number of amides is 2. The van der Waals surface area contributed by atoms with Gasteiger partial charge in [0.2, 0.25) is 5.91 Å². The third-order valence-corrected chi connectivity index (χ3v) is 5.86. The van der Waals surface area contributed by atoms with Gasteiger partial charge in [0.05, 0.1) is 10.2 Å². The van der Waals surface area contributed by atoms with E-state index < -0.39 is 0 Å². The lowest BCUT2D eigenvalue weighted by molar-refractivity contribution is -0.119. The van der Waals surface area contributed by atoms with Crippen molar-refractivity contribution in [3.8, 4) is 10.8 Å². The fourth-order valence-electron chi connectivity index (χ4n) is 3.48. The molecule has 0 unspecified atom stereocenters. The molecule has 2 heterocycles. The maximum Gasteiger partial charge on any atom is 0.287 e. The number of furan rings is 1. The molecular weight excluding hydrogens is 362 g/mol. The summed E-state index contributed by atoms with van der Waals surface area (Å²) in [6, 6.07) is 11.7. The highest BCUT2D eigenvalue weighted by molar-refractivity contribution is 7.21. The Hall–Kier alpha value is -2.67. The lowest BCUT2D eigenvalue weighted by Crippen LogP contribution is -2.43. The van der Waals surface area contributed by atoms with Crippen molar-refractivity contribution >= 4 is 33.4 Å². The number of carbonyl (C=O) groups is 2. The molecule has 3 aromatic rings. The van der Waals surface area contributed by atoms with Gasteiger partial charge in [-0.25, -0.2) is 4.98 Å². The summed E-state index contributed by atoms with van der Waals surface area (Å²) < 4.78 is 6.84. The van der Waals surface area contributed by atoms with Crippen molar-refractivity contribution in [2.24, 2.45) is 0 Å². The number of rotatable bonds is 4. The summed E-state index contributed by atoms with van der Waals surface area (Å²) in [5, 5.41) is 6.75. The summed E-state index contributed by atoms with van der Waals surface area (Å²) in [6.45, 7) is 1.54. The monoisotopic (exact) mass is 383 g/mol. The van der Waals surface area contributed by atoms with Crippen molar-refractivity contribution in [3.05, 3.63) is 42.2 Å². The van der Waals surface area contributed by atoms with E-state index in [1.165, 1.54) is 6.92 Å². The van der Waals surface area contributed by atoms with Crippen molar-refractivity contribution in [1.29, 1.82) is 0 Å². The molecule has 1 saturated carbocycles. The molecule has 27 heavy (non-hydrogen) atoms. The second kappa shape index (κ2) is 7.52. The molecule has 0 atom stereocenters. The molecule has 1 aliphatic rings. The van der Waals surface area contributed by atoms with Gasteiger partial charge in [-0.3, -0.25) is 9.59 Å². The van der Waals surface area contributed by atoms with Crippen LogP contribution in [0, 0.1) is 0 Å². The van der Waals surface area contributed by atoms with Crippen LogP contribution in [0.2, 0.25) is 0 Å². The number of hydrogen-bond acceptors (Lipinski definition) is 5. The van der Waals surface area contributed by atoms with Gasteiger partial charge in [0.1, 0.15) is 0 Å². The van der Waals surface area contributed by atoms with Crippen LogP contribution in [0.25, 0.3) is 21.0 Å². The van der Waals surface area contributed by atoms with Gasteiger partial charge in [0.15, 0.2) is 16.5 Å². The Labute approximate surface area is 161 Å². The molecule has 140 valence electrons. The number of fused-ring (bicyclic) bond motifs is 1. The Morgan fingerprint density at radius 3 is 2.44 bits per heavy atom. The highest BCUT2D eigenvalue weighted by Gasteiger charge is 2.24. The first-order valence-corrected chi connectivity index (χ1v) is 9.94. The summed E-state index contributed by atoms with van der Waals surface area (Å²) in [5.41, 5.74) is 0.927. The van der Waals surface area contributed by atoms with E-state index in [0.29, 0.717) is 11.5 Å². The minimum Gasteiger partial charge on any atom is -0.448 e. The Bertz CT molecular complexity index is 937. The van der Waals surface area contributed by atoms with Crippen molar-refractivity contribution < 1.29 is 14.0 Å². The number of thiazole rings is 1. The van der Waals surface area contributed by atoms with E-state index in [-0.39, 0.29) is 23.9 Å². The van der Waals surface area contributed by atoms with Crippen LogP contribution in [0.4, 0.5) is 0 Å². The molecule has 4 rings (SSSR count). The molecule has 2 aromatic heterocycles. The summed E-state index contributed by atoms with van der Waals surface area (Å²) >= 11 is 1.55. The standard InChI is InChI=1S/C20H21N3O3S/c1-12(24)21-13-6-8-14(9-7-13)22-19(25)16-10-11-17(26-16)20-23-15-4-2-3-5-18(15)27-20/h2-5,10-11,13-14H,6-9H2,1H3,(H,21,24)(H,22,25). The second-order valence-electron chi connectivity index (χ2n) is 6.87. The predicted octanol–water partition coefficient (Wildman–Crippen LogP) is 3.73. The van der Waals surface area contributed by atoms with Crippen LogP contribution >= 0.6 is 11.3 Å². The highest BCUT2D eigenvalue weighted by atomic mass is 32.1. The van der Waals surface area contributed by atoms with Gasteiger partial charge < -0.3 is 15.1 Å². The smallest absolute Gasteiger partial charge is 0.287 e. The Balaban J connectivity index is 1.38. The first kappa shape index (κ1) is 17.7. The molecule has 0 bridgehead atoms. The van der Waals surface area contributed by atoms with Crippen LogP contribution in [0.5, 0.6) is 0 Å². The SMILES string of the molecule is CC(=O)NC1CCC(NC(=O)c2ccc(-c3nc4ccccc4s3)o2)CC1. The lowest BCUT2D eigenvalue weighted by Gasteiger charge is -2.29. The minimum atomic E-state index is -0.203. The lowest BCUT2D eigenvalue weighted by atomic mass is 9.91. The van der Waals surface area contributed by atoms with Crippen LogP contribution in [-0.2, 0) is 4.79 Å². The number of nitrogens with zero attached hydrogens (tertiary/aromatic N) is 1. The molecule has 1 aromatic carbocycles. The fraction of sp³-hybridized carbons (Fsp3) is 0.350. The van der Waals surface area contributed by atoms with Crippen LogP contribution < -0.4 is 10.6 Å². The first-order valence-electron chi connectivity index (χ1n) is 9.12. The van der Waals surface area contributed by atoms with E-state index in [9.17, 15) is 9.59 Å². The maximum atomic E-state index is 12.5. The summed E-state index contributed by atoms with van der Waals surface area (Å²) in [7, 11) is 0. The first-order chi connectivity index (χ1) is 13.1. The van der Waals surface area contributed by atoms with Gasteiger partial charge in [-0.2, -0.15) is 0 Å². The molecule has 2 amide bonds. The molecule has 1 aliphatic carbocycles. The van der Waals surface area contributed by atoms with E-state index in [4.69, 9.17) is 4.42 Å². The zero-order valence-corrected chi connectivity index (χ0v) is 15.8. The third kappa shape index (κ3) is 4.03. The number of hydrogen-bond donors (Lipinski definition) is 2. The van der Waals surface area contributed by atoms with E-state index in [1.54, 1.807) is 23.5 Å². The van der Waals surface area contributed by atoms with Gasteiger partial charge in [-0.15, -0.1) is 11.3 Å². The molecule has 0 saturated heterocycles. The van der Waals surface area contributed by atoms with E-state index >= 15 is 0 Å². The minimum absolute atomic E-state index is 0.000415. The number of carbonyl (C=O) groups excluding carboxylic acids is 2. The van der Waals surface area contributed by atoms with Gasteiger partial charge in [-0.05, 0) is 49.9 Å². The van der Waals surface area contributed by atoms with Crippen LogP contribution in [0.3, 0.4) is 0 Å². The van der Waals surface area contributed by atoms with Gasteiger partial charge in [0.25, 0.3) is 5.91 Å². The largest absolute Gasteiger partial charge is 0.448 e. The Morgan fingerprint density at radius 2 is 1.74 bits per heavy atom. The molecule has 0 radical (unpaired) electrons. The molecule has 6 nitrogen and oxygen atoms in total. The molecular formula is C20H21N3O3S. The Kier molecular flexibility index (Phi) is 4.94. The summed E-state index contributed by atoms with van der Waals surface area (Å²) in [4.78, 5) is 28.2. The number of benzene rings is 1. The average Bonchev–Trinajstić information content (AvgIpc) is 3.29. The van der Waals surface area contributed by atoms with Crippen molar-refractivity contribution in [2.75, 3.05) is 0 Å². The topological polar surface area (TPSA) is 84.2 Å². The normalized spacial score (nSPS) is 19.7. The third-order valence-electron chi connectivity index (χ3n) is 4.80. The van der Waals surface area contributed by atoms with E-state index in [0.717, 1.165) is 40.9 Å². The molecule has 1 fully saturated rings. The van der Waals surface area contributed by atoms with Gasteiger partial charge in [-0.1, -0.05) is 12.1 Å². The second-order valence-corrected chi connectivity index (χ2v) is 7.90. The zero-order valence-electron chi connectivity index (χ0n) is 15.0. The molecule has 2 N–H and O–H groups in total. The van der Waals surface area contributed by atoms with Gasteiger partial charge in [0, 0.05) is 19.0 Å². The predicted molar refractivity (Wildman–Crippen MR) is 105 cm³/mol. The zero-order chi connectivity index (χ0) is 18.8. The number of aromatic nitrogens is 1. The quantitative estimate of drug-likeness (QED) is 0.719. The summed E-state index contributed by atoms with van der Waals surface area (Å²) in [6.07, 6.45) is 3.45. The van der Waals surface area contributed by atoms with E-state index in [1.807, 2.05) is 24.3 Å². The number of nitrogens with one attached hydrogen (secondary N) is 2. The summed E-state index contributed by atoms with van der Waals surface area (Å²) in [5.74, 6) is 0.703. The molecule has 0 aliphatic heterocycles. The van der Waals surface area contributed by atoms with Crippen molar-refractivity contribution in [1.82, 2.24) is 15.6 Å². The fourth-order valence-corrected chi connectivity index (χ4v) is 4.41. The van der Waals surface area contributed by atoms with Crippen LogP contribution in [0.15, 0.2) is 40.8 Å². The van der Waals surface area contributed by atoms with Crippen LogP contribution in [0.1, 0.15) is 43.2 Å². The highest BCUT2D eigenvalue weighted by Crippen LogP contribution is 2.31. The average molecular weight is 383 g/mol. The maximum absolute atomic E-state index is 12.5. The Morgan fingerprint density at radius 1 is 1.04 bits per heavy atom. The van der Waals surface area contributed by atoms with Crippen molar-refractivity contribution in [2.45, 2.75) is 44.7 Å². The molecule has 7 heteroatoms. The van der Waals surface area contributed by atoms with E-state index in [2.05, 4.69) is 15.6 Å². The molecule has 0 spiro atoms. The number of para-hydroxylation sites is 1. The van der Waals surface area contributed by atoms with Crippen LogP contribution in [-0.4, -0.2) is 28.9 Å². The van der Waals surface area contributed by atoms with Gasteiger partial charge >= 0.3 is 0 Å². The van der Waals surface area contributed by atoms with Crippen molar-refractivity contribution in [3.63, 3.8) is 0 Å².